The molecule has 0 bridgehead atoms. The number of nitrogen functional groups attached to an aromatic ring is 1. The van der Waals surface area contributed by atoms with Crippen LogP contribution in [0.2, 0.25) is 0 Å². The largest absolute Gasteiger partial charge is 0.393 e. The van der Waals surface area contributed by atoms with Gasteiger partial charge in [0.2, 0.25) is 0 Å². The molecule has 1 aromatic rings. The molecule has 0 saturated heterocycles. The van der Waals surface area contributed by atoms with E-state index >= 15 is 0 Å². The highest BCUT2D eigenvalue weighted by molar-refractivity contribution is 5.41. The van der Waals surface area contributed by atoms with E-state index in [2.05, 4.69) is 10.2 Å². The van der Waals surface area contributed by atoms with Gasteiger partial charge in [0.1, 0.15) is 5.69 Å². The van der Waals surface area contributed by atoms with Crippen LogP contribution in [-0.2, 0) is 0 Å². The van der Waals surface area contributed by atoms with Crippen molar-refractivity contribution in [3.05, 3.63) is 16.0 Å². The van der Waals surface area contributed by atoms with Gasteiger partial charge in [0.15, 0.2) is 0 Å². The van der Waals surface area contributed by atoms with Gasteiger partial charge in [-0.25, -0.2) is 0 Å². The summed E-state index contributed by atoms with van der Waals surface area (Å²) in [6, 6.07) is 0. The minimum atomic E-state index is -0.233. The molecule has 0 fully saturated rings. The first-order valence-corrected chi connectivity index (χ1v) is 3.19. The number of anilines is 1. The van der Waals surface area contributed by atoms with E-state index in [1.54, 1.807) is 0 Å². The Balaban J connectivity index is 3.18. The lowest BCUT2D eigenvalue weighted by atomic mass is 10.1. The highest BCUT2D eigenvalue weighted by Crippen LogP contribution is 2.13. The quantitative estimate of drug-likeness (QED) is 0.529. The van der Waals surface area contributed by atoms with E-state index in [0.29, 0.717) is 5.69 Å². The number of hydrogen-bond donors (Lipinski definition) is 3. The van der Waals surface area contributed by atoms with E-state index in [4.69, 9.17) is 5.73 Å². The summed E-state index contributed by atoms with van der Waals surface area (Å²) in [6.45, 7) is 3.94. The normalized spacial score (nSPS) is 10.7. The number of aromatic amines is 2. The Bertz CT molecular complexity index is 271. The Hall–Kier alpha value is -1.19. The highest BCUT2D eigenvalue weighted by Gasteiger charge is 2.07. The maximum Gasteiger partial charge on any atom is 0.287 e. The third-order valence-electron chi connectivity index (χ3n) is 1.42. The van der Waals surface area contributed by atoms with Crippen molar-refractivity contribution >= 4 is 5.69 Å². The molecule has 4 N–H and O–H groups in total. The number of hydrogen-bond acceptors (Lipinski definition) is 2. The van der Waals surface area contributed by atoms with E-state index in [1.807, 2.05) is 13.8 Å². The zero-order chi connectivity index (χ0) is 7.72. The molecule has 4 heteroatoms. The molecule has 0 atom stereocenters. The van der Waals surface area contributed by atoms with E-state index in [1.165, 1.54) is 0 Å². The molecule has 0 aliphatic rings. The predicted octanol–water partition coefficient (Wildman–Crippen LogP) is 0.409. The second kappa shape index (κ2) is 2.21. The SMILES string of the molecule is CC(C)c1[nH][nH]c(=O)c1N. The van der Waals surface area contributed by atoms with Gasteiger partial charge in [-0.05, 0) is 5.92 Å². The zero-order valence-corrected chi connectivity index (χ0v) is 6.06. The van der Waals surface area contributed by atoms with Crippen molar-refractivity contribution in [3.8, 4) is 0 Å². The summed E-state index contributed by atoms with van der Waals surface area (Å²) in [5.41, 5.74) is 6.28. The molecule has 0 unspecified atom stereocenters. The Morgan fingerprint density at radius 1 is 1.40 bits per heavy atom. The molecule has 0 radical (unpaired) electrons. The van der Waals surface area contributed by atoms with Gasteiger partial charge in [0.25, 0.3) is 5.56 Å². The third-order valence-corrected chi connectivity index (χ3v) is 1.42. The maximum absolute atomic E-state index is 10.7. The fourth-order valence-electron chi connectivity index (χ4n) is 0.836. The van der Waals surface area contributed by atoms with Gasteiger partial charge >= 0.3 is 0 Å². The molecular formula is C6H11N3O. The number of aromatic nitrogens is 2. The average molecular weight is 141 g/mol. The second-order valence-corrected chi connectivity index (χ2v) is 2.56. The number of rotatable bonds is 1. The standard InChI is InChI=1S/C6H11N3O/c1-3(2)5-4(7)6(10)9-8-5/h3H,7H2,1-2H3,(H2,8,9,10). The first-order chi connectivity index (χ1) is 4.63. The molecule has 4 nitrogen and oxygen atoms in total. The van der Waals surface area contributed by atoms with Gasteiger partial charge in [-0.1, -0.05) is 13.8 Å². The number of nitrogens with two attached hydrogens (primary N) is 1. The van der Waals surface area contributed by atoms with Crippen molar-refractivity contribution in [2.75, 3.05) is 5.73 Å². The predicted molar refractivity (Wildman–Crippen MR) is 39.9 cm³/mol. The molecule has 1 heterocycles. The Labute approximate surface area is 58.4 Å². The van der Waals surface area contributed by atoms with Gasteiger partial charge in [0, 0.05) is 0 Å². The molecule has 0 saturated carbocycles. The lowest BCUT2D eigenvalue weighted by molar-refractivity contribution is 0.812. The summed E-state index contributed by atoms with van der Waals surface area (Å²) >= 11 is 0. The Morgan fingerprint density at radius 3 is 2.20 bits per heavy atom. The van der Waals surface area contributed by atoms with Crippen molar-refractivity contribution in [3.63, 3.8) is 0 Å². The first-order valence-electron chi connectivity index (χ1n) is 3.19. The Kier molecular flexibility index (Phi) is 1.53. The molecule has 1 aromatic heterocycles. The lowest BCUT2D eigenvalue weighted by Gasteiger charge is -1.99. The molecule has 0 amide bonds. The van der Waals surface area contributed by atoms with Gasteiger partial charge in [-0.15, -0.1) is 0 Å². The highest BCUT2D eigenvalue weighted by atomic mass is 16.1. The summed E-state index contributed by atoms with van der Waals surface area (Å²) < 4.78 is 0. The van der Waals surface area contributed by atoms with Crippen LogP contribution in [0.4, 0.5) is 5.69 Å². The van der Waals surface area contributed by atoms with Gasteiger partial charge in [-0.3, -0.25) is 15.0 Å². The van der Waals surface area contributed by atoms with Crippen LogP contribution < -0.4 is 11.3 Å². The second-order valence-electron chi connectivity index (χ2n) is 2.56. The summed E-state index contributed by atoms with van der Waals surface area (Å²) in [6.07, 6.45) is 0. The van der Waals surface area contributed by atoms with Crippen LogP contribution in [-0.4, -0.2) is 10.2 Å². The van der Waals surface area contributed by atoms with Crippen LogP contribution in [0, 0.1) is 0 Å². The fourth-order valence-corrected chi connectivity index (χ4v) is 0.836. The van der Waals surface area contributed by atoms with Crippen LogP contribution in [0.25, 0.3) is 0 Å². The lowest BCUT2D eigenvalue weighted by Crippen LogP contribution is -2.05. The van der Waals surface area contributed by atoms with Crippen molar-refractivity contribution < 1.29 is 0 Å². The topological polar surface area (TPSA) is 74.7 Å². The minimum Gasteiger partial charge on any atom is -0.393 e. The molecule has 1 rings (SSSR count). The van der Waals surface area contributed by atoms with Crippen LogP contribution in [0.1, 0.15) is 25.5 Å². The van der Waals surface area contributed by atoms with Crippen molar-refractivity contribution in [1.82, 2.24) is 10.2 Å². The molecule has 0 aromatic carbocycles. The first kappa shape index (κ1) is 6.92. The van der Waals surface area contributed by atoms with Crippen molar-refractivity contribution in [2.24, 2.45) is 0 Å². The molecular weight excluding hydrogens is 130 g/mol. The molecule has 0 spiro atoms. The molecule has 0 aliphatic carbocycles. The maximum atomic E-state index is 10.7. The Morgan fingerprint density at radius 2 is 2.00 bits per heavy atom. The van der Waals surface area contributed by atoms with Crippen LogP contribution in [0.5, 0.6) is 0 Å². The van der Waals surface area contributed by atoms with Crippen LogP contribution in [0.15, 0.2) is 4.79 Å². The molecule has 0 aliphatic heterocycles. The van der Waals surface area contributed by atoms with E-state index in [9.17, 15) is 4.79 Å². The van der Waals surface area contributed by atoms with E-state index < -0.39 is 0 Å². The fraction of sp³-hybridized carbons (Fsp3) is 0.500. The molecule has 10 heavy (non-hydrogen) atoms. The minimum absolute atomic E-state index is 0.233. The molecule has 56 valence electrons. The van der Waals surface area contributed by atoms with E-state index in [0.717, 1.165) is 5.69 Å². The monoisotopic (exact) mass is 141 g/mol. The van der Waals surface area contributed by atoms with Gasteiger partial charge in [0.05, 0.1) is 5.69 Å². The zero-order valence-electron chi connectivity index (χ0n) is 6.06. The van der Waals surface area contributed by atoms with Crippen LogP contribution in [0.3, 0.4) is 0 Å². The number of nitrogens with one attached hydrogen (secondary N) is 2. The summed E-state index contributed by atoms with van der Waals surface area (Å²) in [5, 5.41) is 5.12. The van der Waals surface area contributed by atoms with E-state index in [-0.39, 0.29) is 11.5 Å². The average Bonchev–Trinajstić information content (AvgIpc) is 2.14. The smallest absolute Gasteiger partial charge is 0.287 e. The summed E-state index contributed by atoms with van der Waals surface area (Å²) in [4.78, 5) is 10.7. The van der Waals surface area contributed by atoms with Crippen molar-refractivity contribution in [2.45, 2.75) is 19.8 Å². The summed E-state index contributed by atoms with van der Waals surface area (Å²) in [5.74, 6) is 0.263. The van der Waals surface area contributed by atoms with Gasteiger partial charge < -0.3 is 5.73 Å². The van der Waals surface area contributed by atoms with Crippen molar-refractivity contribution in [1.29, 1.82) is 0 Å². The van der Waals surface area contributed by atoms with Gasteiger partial charge in [-0.2, -0.15) is 0 Å². The number of H-pyrrole nitrogens is 2. The summed E-state index contributed by atoms with van der Waals surface area (Å²) in [7, 11) is 0. The van der Waals surface area contributed by atoms with Crippen LogP contribution >= 0.6 is 0 Å². The third kappa shape index (κ3) is 0.920.